The first-order valence-electron chi connectivity index (χ1n) is 8.70. The Bertz CT molecular complexity index is 1160. The molecular weight excluding hydrogens is 378 g/mol. The van der Waals surface area contributed by atoms with Crippen molar-refractivity contribution in [2.45, 2.75) is 26.3 Å². The van der Waals surface area contributed by atoms with Gasteiger partial charge < -0.3 is 16.0 Å². The molecule has 0 atom stereocenters. The summed E-state index contributed by atoms with van der Waals surface area (Å²) in [6.07, 6.45) is 3.27. The van der Waals surface area contributed by atoms with Crippen LogP contribution in [-0.4, -0.2) is 43.1 Å². The largest absolute Gasteiger partial charge is 0.346 e. The molecule has 1 amide bonds. The molecule has 0 spiro atoms. The van der Waals surface area contributed by atoms with E-state index in [-0.39, 0.29) is 18.3 Å². The summed E-state index contributed by atoms with van der Waals surface area (Å²) in [5.74, 6) is -0.245. The number of H-pyrrole nitrogens is 2. The van der Waals surface area contributed by atoms with Crippen LogP contribution in [0.1, 0.15) is 29.8 Å². The van der Waals surface area contributed by atoms with Crippen LogP contribution in [-0.2, 0) is 0 Å². The van der Waals surface area contributed by atoms with Gasteiger partial charge in [0.15, 0.2) is 5.65 Å². The SMILES string of the molecule is Cc1ccc2c(-c3cnc4[nH]cc(C(=O)NC(C)(C)CN)c4n3)n[nH]c2c1.Cl. The van der Waals surface area contributed by atoms with Gasteiger partial charge in [-0.05, 0) is 32.4 Å². The second-order valence-electron chi connectivity index (χ2n) is 7.32. The number of nitrogens with one attached hydrogen (secondary N) is 3. The highest BCUT2D eigenvalue weighted by atomic mass is 35.5. The lowest BCUT2D eigenvalue weighted by Gasteiger charge is -2.23. The fraction of sp³-hybridized carbons (Fsp3) is 0.263. The van der Waals surface area contributed by atoms with Crippen molar-refractivity contribution in [3.05, 3.63) is 41.7 Å². The van der Waals surface area contributed by atoms with E-state index in [0.29, 0.717) is 34.7 Å². The number of rotatable bonds is 4. The summed E-state index contributed by atoms with van der Waals surface area (Å²) in [5, 5.41) is 11.3. The molecule has 4 aromatic rings. The molecule has 0 saturated carbocycles. The molecule has 3 aromatic heterocycles. The van der Waals surface area contributed by atoms with E-state index in [0.717, 1.165) is 16.5 Å². The molecule has 1 aromatic carbocycles. The number of benzene rings is 1. The predicted molar refractivity (Wildman–Crippen MR) is 112 cm³/mol. The number of hydrogen-bond acceptors (Lipinski definition) is 5. The summed E-state index contributed by atoms with van der Waals surface area (Å²) in [6, 6.07) is 6.06. The highest BCUT2D eigenvalue weighted by Crippen LogP contribution is 2.27. The number of fused-ring (bicyclic) bond motifs is 2. The van der Waals surface area contributed by atoms with Gasteiger partial charge in [0.2, 0.25) is 0 Å². The number of nitrogens with two attached hydrogens (primary N) is 1. The van der Waals surface area contributed by atoms with Gasteiger partial charge in [-0.25, -0.2) is 9.97 Å². The minimum Gasteiger partial charge on any atom is -0.346 e. The number of carbonyl (C=O) groups is 1. The number of hydrogen-bond donors (Lipinski definition) is 4. The van der Waals surface area contributed by atoms with Crippen LogP contribution in [0.2, 0.25) is 0 Å². The lowest BCUT2D eigenvalue weighted by molar-refractivity contribution is 0.0917. The Hall–Kier alpha value is -2.97. The highest BCUT2D eigenvalue weighted by molar-refractivity contribution is 6.05. The van der Waals surface area contributed by atoms with Gasteiger partial charge in [-0.2, -0.15) is 5.10 Å². The Morgan fingerprint density at radius 2 is 2.11 bits per heavy atom. The zero-order valence-corrected chi connectivity index (χ0v) is 16.6. The first kappa shape index (κ1) is 19.8. The Morgan fingerprint density at radius 1 is 1.32 bits per heavy atom. The lowest BCUT2D eigenvalue weighted by atomic mass is 10.1. The standard InChI is InChI=1S/C19H21N7O.ClH/c1-10-4-5-11-13(6-10)25-26-15(11)14-8-22-17-16(23-14)12(7-21-17)18(27)24-19(2,3)9-20;/h4-8H,9,20H2,1-3H3,(H,21,22)(H,24,27)(H,25,26);1H. The molecule has 8 nitrogen and oxygen atoms in total. The molecule has 0 bridgehead atoms. The quantitative estimate of drug-likeness (QED) is 0.419. The van der Waals surface area contributed by atoms with Gasteiger partial charge in [0.05, 0.1) is 17.3 Å². The Balaban J connectivity index is 0.00000225. The molecule has 0 aliphatic rings. The zero-order chi connectivity index (χ0) is 19.2. The Morgan fingerprint density at radius 3 is 2.86 bits per heavy atom. The van der Waals surface area contributed by atoms with Crippen LogP contribution in [0.3, 0.4) is 0 Å². The van der Waals surface area contributed by atoms with Gasteiger partial charge in [-0.3, -0.25) is 9.89 Å². The van der Waals surface area contributed by atoms with Crippen molar-refractivity contribution in [2.24, 2.45) is 5.73 Å². The number of aromatic amines is 2. The van der Waals surface area contributed by atoms with E-state index in [2.05, 4.69) is 30.5 Å². The molecule has 0 aliphatic heterocycles. The topological polar surface area (TPSA) is 125 Å². The van der Waals surface area contributed by atoms with Crippen LogP contribution < -0.4 is 11.1 Å². The molecule has 0 saturated heterocycles. The maximum atomic E-state index is 12.7. The smallest absolute Gasteiger partial charge is 0.255 e. The molecule has 0 unspecified atom stereocenters. The first-order valence-corrected chi connectivity index (χ1v) is 8.70. The average Bonchev–Trinajstić information content (AvgIpc) is 3.24. The third kappa shape index (κ3) is 3.44. The Kier molecular flexibility index (Phi) is 5.10. The van der Waals surface area contributed by atoms with Crippen molar-refractivity contribution in [2.75, 3.05) is 6.54 Å². The summed E-state index contributed by atoms with van der Waals surface area (Å²) < 4.78 is 0. The molecule has 146 valence electrons. The second kappa shape index (κ2) is 7.21. The van der Waals surface area contributed by atoms with Gasteiger partial charge >= 0.3 is 0 Å². The van der Waals surface area contributed by atoms with Crippen molar-refractivity contribution < 1.29 is 4.79 Å². The zero-order valence-electron chi connectivity index (χ0n) is 15.8. The van der Waals surface area contributed by atoms with Crippen LogP contribution in [0.15, 0.2) is 30.6 Å². The van der Waals surface area contributed by atoms with Crippen molar-refractivity contribution in [3.63, 3.8) is 0 Å². The summed E-state index contributed by atoms with van der Waals surface area (Å²) in [4.78, 5) is 24.7. The van der Waals surface area contributed by atoms with Crippen LogP contribution >= 0.6 is 12.4 Å². The van der Waals surface area contributed by atoms with E-state index in [1.807, 2.05) is 39.0 Å². The van der Waals surface area contributed by atoms with E-state index in [1.54, 1.807) is 12.4 Å². The van der Waals surface area contributed by atoms with E-state index in [9.17, 15) is 4.79 Å². The monoisotopic (exact) mass is 399 g/mol. The van der Waals surface area contributed by atoms with Crippen molar-refractivity contribution in [1.29, 1.82) is 0 Å². The fourth-order valence-electron chi connectivity index (χ4n) is 2.93. The van der Waals surface area contributed by atoms with E-state index in [1.165, 1.54) is 0 Å². The average molecular weight is 400 g/mol. The number of amides is 1. The van der Waals surface area contributed by atoms with Crippen molar-refractivity contribution >= 4 is 40.4 Å². The number of halogens is 1. The van der Waals surface area contributed by atoms with E-state index < -0.39 is 5.54 Å². The van der Waals surface area contributed by atoms with Crippen LogP contribution in [0.4, 0.5) is 0 Å². The Labute approximate surface area is 167 Å². The van der Waals surface area contributed by atoms with Crippen LogP contribution in [0.5, 0.6) is 0 Å². The van der Waals surface area contributed by atoms with Gasteiger partial charge in [-0.1, -0.05) is 12.1 Å². The maximum absolute atomic E-state index is 12.7. The molecule has 28 heavy (non-hydrogen) atoms. The minimum atomic E-state index is -0.512. The third-order valence-corrected chi connectivity index (χ3v) is 4.55. The van der Waals surface area contributed by atoms with Gasteiger partial charge in [-0.15, -0.1) is 12.4 Å². The highest BCUT2D eigenvalue weighted by Gasteiger charge is 2.23. The van der Waals surface area contributed by atoms with E-state index in [4.69, 9.17) is 5.73 Å². The second-order valence-corrected chi connectivity index (χ2v) is 7.32. The molecule has 0 aliphatic carbocycles. The maximum Gasteiger partial charge on any atom is 0.255 e. The van der Waals surface area contributed by atoms with Crippen molar-refractivity contribution in [3.8, 4) is 11.4 Å². The minimum absolute atomic E-state index is 0. The lowest BCUT2D eigenvalue weighted by Crippen LogP contribution is -2.48. The summed E-state index contributed by atoms with van der Waals surface area (Å²) in [6.45, 7) is 6.10. The molecule has 5 N–H and O–H groups in total. The summed E-state index contributed by atoms with van der Waals surface area (Å²) in [5.41, 5.74) is 10.1. The van der Waals surface area contributed by atoms with Gasteiger partial charge in [0.25, 0.3) is 5.91 Å². The number of nitrogens with zero attached hydrogens (tertiary/aromatic N) is 3. The van der Waals surface area contributed by atoms with Crippen molar-refractivity contribution in [1.82, 2.24) is 30.5 Å². The number of aryl methyl sites for hydroxylation is 1. The molecule has 3 heterocycles. The third-order valence-electron chi connectivity index (χ3n) is 4.55. The molecule has 4 rings (SSSR count). The predicted octanol–water partition coefficient (Wildman–Crippen LogP) is 2.70. The van der Waals surface area contributed by atoms with Crippen LogP contribution in [0, 0.1) is 6.92 Å². The fourth-order valence-corrected chi connectivity index (χ4v) is 2.93. The molecule has 0 radical (unpaired) electrons. The summed E-state index contributed by atoms with van der Waals surface area (Å²) >= 11 is 0. The summed E-state index contributed by atoms with van der Waals surface area (Å²) in [7, 11) is 0. The van der Waals surface area contributed by atoms with Gasteiger partial charge in [0, 0.05) is 23.7 Å². The first-order chi connectivity index (χ1) is 12.9. The number of carbonyl (C=O) groups excluding carboxylic acids is 1. The van der Waals surface area contributed by atoms with Crippen LogP contribution in [0.25, 0.3) is 33.5 Å². The normalized spacial score (nSPS) is 11.6. The molecular formula is C19H22ClN7O. The van der Waals surface area contributed by atoms with E-state index >= 15 is 0 Å². The molecule has 0 fully saturated rings. The number of aromatic nitrogens is 5. The van der Waals surface area contributed by atoms with Gasteiger partial charge in [0.1, 0.15) is 16.9 Å². The molecule has 9 heteroatoms.